The van der Waals surface area contributed by atoms with Gasteiger partial charge in [0.15, 0.2) is 5.82 Å². The van der Waals surface area contributed by atoms with E-state index >= 15 is 0 Å². The van der Waals surface area contributed by atoms with Crippen molar-refractivity contribution in [3.8, 4) is 5.75 Å². The quantitative estimate of drug-likeness (QED) is 0.886. The molecule has 0 amide bonds. The SMILES string of the molecule is Cc1ccc(OCc2nnc(C3CC3)n2C2CC2)c(CO)n1. The van der Waals surface area contributed by atoms with Crippen molar-refractivity contribution in [3.05, 3.63) is 35.2 Å². The number of ether oxygens (including phenoxy) is 1. The highest BCUT2D eigenvalue weighted by Gasteiger charge is 2.36. The van der Waals surface area contributed by atoms with E-state index in [0.29, 0.717) is 30.0 Å². The molecular weight excluding hydrogens is 280 g/mol. The summed E-state index contributed by atoms with van der Waals surface area (Å²) in [6, 6.07) is 4.29. The predicted octanol–water partition coefficient (Wildman–Crippen LogP) is 2.27. The molecule has 4 rings (SSSR count). The van der Waals surface area contributed by atoms with Gasteiger partial charge in [-0.3, -0.25) is 4.98 Å². The Morgan fingerprint density at radius 2 is 2.05 bits per heavy atom. The molecule has 2 fully saturated rings. The Kier molecular flexibility index (Phi) is 3.33. The minimum absolute atomic E-state index is 0.125. The summed E-state index contributed by atoms with van der Waals surface area (Å²) in [5, 5.41) is 18.1. The fraction of sp³-hybridized carbons (Fsp3) is 0.562. The van der Waals surface area contributed by atoms with Crippen molar-refractivity contribution in [2.45, 2.75) is 57.8 Å². The van der Waals surface area contributed by atoms with Gasteiger partial charge in [-0.05, 0) is 44.7 Å². The average Bonchev–Trinajstić information content (AvgIpc) is 3.44. The molecular formula is C16H20N4O2. The maximum Gasteiger partial charge on any atom is 0.171 e. The lowest BCUT2D eigenvalue weighted by atomic mass is 10.3. The zero-order valence-corrected chi connectivity index (χ0v) is 12.7. The molecule has 2 saturated carbocycles. The molecule has 116 valence electrons. The normalized spacial score (nSPS) is 17.7. The third-order valence-corrected chi connectivity index (χ3v) is 4.23. The maximum absolute atomic E-state index is 9.40. The van der Waals surface area contributed by atoms with Gasteiger partial charge in [-0.2, -0.15) is 0 Å². The van der Waals surface area contributed by atoms with Gasteiger partial charge in [0.2, 0.25) is 0 Å². The van der Waals surface area contributed by atoms with Crippen molar-refractivity contribution in [1.82, 2.24) is 19.7 Å². The Hall–Kier alpha value is -1.95. The molecule has 1 N–H and O–H groups in total. The lowest BCUT2D eigenvalue weighted by molar-refractivity contribution is 0.247. The van der Waals surface area contributed by atoms with E-state index in [9.17, 15) is 5.11 Å². The molecule has 0 atom stereocenters. The molecule has 2 aliphatic rings. The van der Waals surface area contributed by atoms with Gasteiger partial charge >= 0.3 is 0 Å². The van der Waals surface area contributed by atoms with Gasteiger partial charge in [0.05, 0.1) is 6.61 Å². The van der Waals surface area contributed by atoms with Crippen LogP contribution < -0.4 is 4.74 Å². The summed E-state index contributed by atoms with van der Waals surface area (Å²) in [7, 11) is 0. The number of hydrogen-bond donors (Lipinski definition) is 1. The molecule has 2 heterocycles. The second kappa shape index (κ2) is 5.35. The Balaban J connectivity index is 1.54. The van der Waals surface area contributed by atoms with Crippen LogP contribution in [-0.2, 0) is 13.2 Å². The van der Waals surface area contributed by atoms with Crippen LogP contribution in [0, 0.1) is 6.92 Å². The van der Waals surface area contributed by atoms with E-state index in [1.807, 2.05) is 19.1 Å². The minimum Gasteiger partial charge on any atom is -0.484 e. The highest BCUT2D eigenvalue weighted by atomic mass is 16.5. The Morgan fingerprint density at radius 1 is 1.23 bits per heavy atom. The van der Waals surface area contributed by atoms with Crippen LogP contribution in [0.5, 0.6) is 5.75 Å². The number of aliphatic hydroxyl groups is 1. The van der Waals surface area contributed by atoms with Gasteiger partial charge in [-0.1, -0.05) is 0 Å². The fourth-order valence-electron chi connectivity index (χ4n) is 2.77. The third-order valence-electron chi connectivity index (χ3n) is 4.23. The second-order valence-electron chi connectivity index (χ2n) is 6.19. The molecule has 6 nitrogen and oxygen atoms in total. The number of rotatable bonds is 6. The third kappa shape index (κ3) is 2.59. The maximum atomic E-state index is 9.40. The van der Waals surface area contributed by atoms with Gasteiger partial charge in [0, 0.05) is 17.7 Å². The first-order valence-corrected chi connectivity index (χ1v) is 7.90. The standard InChI is InChI=1S/C16H20N4O2/c1-10-2-7-14(13(8-21)17-10)22-9-15-18-19-16(11-3-4-11)20(15)12-5-6-12/h2,7,11-12,21H,3-6,8-9H2,1H3. The van der Waals surface area contributed by atoms with E-state index in [-0.39, 0.29) is 6.61 Å². The molecule has 6 heteroatoms. The van der Waals surface area contributed by atoms with Gasteiger partial charge in [0.1, 0.15) is 23.9 Å². The second-order valence-corrected chi connectivity index (χ2v) is 6.19. The molecule has 0 aliphatic heterocycles. The number of pyridine rings is 1. The largest absolute Gasteiger partial charge is 0.484 e. The van der Waals surface area contributed by atoms with Crippen LogP contribution in [-0.4, -0.2) is 24.9 Å². The molecule has 2 aromatic rings. The molecule has 0 bridgehead atoms. The summed E-state index contributed by atoms with van der Waals surface area (Å²) in [6.45, 7) is 2.14. The van der Waals surface area contributed by atoms with Crippen molar-refractivity contribution in [2.24, 2.45) is 0 Å². The number of hydrogen-bond acceptors (Lipinski definition) is 5. The van der Waals surface area contributed by atoms with Crippen LogP contribution >= 0.6 is 0 Å². The predicted molar refractivity (Wildman–Crippen MR) is 79.5 cm³/mol. The Bertz CT molecular complexity index is 689. The summed E-state index contributed by atoms with van der Waals surface area (Å²) in [6.07, 6.45) is 4.86. The van der Waals surface area contributed by atoms with Crippen LogP contribution in [0.15, 0.2) is 12.1 Å². The van der Waals surface area contributed by atoms with E-state index in [2.05, 4.69) is 19.7 Å². The van der Waals surface area contributed by atoms with Gasteiger partial charge in [0.25, 0.3) is 0 Å². The number of aromatic nitrogens is 4. The first-order chi connectivity index (χ1) is 10.8. The van der Waals surface area contributed by atoms with E-state index in [1.165, 1.54) is 25.7 Å². The zero-order chi connectivity index (χ0) is 15.1. The molecule has 0 aromatic carbocycles. The zero-order valence-electron chi connectivity index (χ0n) is 12.7. The summed E-state index contributed by atoms with van der Waals surface area (Å²) < 4.78 is 8.13. The topological polar surface area (TPSA) is 73.1 Å². The summed E-state index contributed by atoms with van der Waals surface area (Å²) in [4.78, 5) is 4.30. The summed E-state index contributed by atoms with van der Waals surface area (Å²) in [5.41, 5.74) is 1.44. The molecule has 0 saturated heterocycles. The molecule has 2 aliphatic carbocycles. The first kappa shape index (κ1) is 13.7. The first-order valence-electron chi connectivity index (χ1n) is 7.90. The highest BCUT2D eigenvalue weighted by Crippen LogP contribution is 2.44. The van der Waals surface area contributed by atoms with E-state index < -0.39 is 0 Å². The lowest BCUT2D eigenvalue weighted by Gasteiger charge is -2.12. The van der Waals surface area contributed by atoms with E-state index in [0.717, 1.165) is 17.3 Å². The van der Waals surface area contributed by atoms with Crippen LogP contribution in [0.25, 0.3) is 0 Å². The smallest absolute Gasteiger partial charge is 0.171 e. The van der Waals surface area contributed by atoms with E-state index in [1.54, 1.807) is 0 Å². The minimum atomic E-state index is -0.125. The van der Waals surface area contributed by atoms with Crippen LogP contribution in [0.3, 0.4) is 0 Å². The van der Waals surface area contributed by atoms with Crippen molar-refractivity contribution >= 4 is 0 Å². The number of aliphatic hydroxyl groups excluding tert-OH is 1. The monoisotopic (exact) mass is 300 g/mol. The van der Waals surface area contributed by atoms with Gasteiger partial charge in [-0.25, -0.2) is 0 Å². The van der Waals surface area contributed by atoms with Crippen molar-refractivity contribution in [1.29, 1.82) is 0 Å². The molecule has 2 aromatic heterocycles. The van der Waals surface area contributed by atoms with Crippen LogP contribution in [0.2, 0.25) is 0 Å². The van der Waals surface area contributed by atoms with Crippen molar-refractivity contribution in [3.63, 3.8) is 0 Å². The highest BCUT2D eigenvalue weighted by molar-refractivity contribution is 5.28. The van der Waals surface area contributed by atoms with Gasteiger partial charge in [-0.15, -0.1) is 10.2 Å². The molecule has 22 heavy (non-hydrogen) atoms. The number of nitrogens with zero attached hydrogens (tertiary/aromatic N) is 4. The fourth-order valence-corrected chi connectivity index (χ4v) is 2.77. The Morgan fingerprint density at radius 3 is 2.73 bits per heavy atom. The Labute approximate surface area is 129 Å². The molecule has 0 spiro atoms. The number of aryl methyl sites for hydroxylation is 1. The summed E-state index contributed by atoms with van der Waals surface area (Å²) in [5.74, 6) is 3.22. The summed E-state index contributed by atoms with van der Waals surface area (Å²) >= 11 is 0. The molecule has 0 unspecified atom stereocenters. The van der Waals surface area contributed by atoms with Crippen molar-refractivity contribution < 1.29 is 9.84 Å². The molecule has 0 radical (unpaired) electrons. The van der Waals surface area contributed by atoms with Gasteiger partial charge < -0.3 is 14.4 Å². The van der Waals surface area contributed by atoms with E-state index in [4.69, 9.17) is 4.74 Å². The van der Waals surface area contributed by atoms with Crippen LogP contribution in [0.4, 0.5) is 0 Å². The lowest BCUT2D eigenvalue weighted by Crippen LogP contribution is -2.09. The van der Waals surface area contributed by atoms with Crippen molar-refractivity contribution in [2.75, 3.05) is 0 Å². The van der Waals surface area contributed by atoms with Crippen LogP contribution in [0.1, 0.15) is 60.7 Å². The average molecular weight is 300 g/mol.